The van der Waals surface area contributed by atoms with Crippen LogP contribution in [0.1, 0.15) is 0 Å². The molecule has 0 unspecified atom stereocenters. The van der Waals surface area contributed by atoms with Crippen molar-refractivity contribution >= 4 is 23.1 Å². The molecule has 0 saturated heterocycles. The first-order valence-corrected chi connectivity index (χ1v) is 11.1. The SMILES string of the molecule is c1ccc(-c2ccc3c(c2)B2c4ccccc4Oc4cc(-c5ccccn5)cc(c42)O3)cc1. The molecule has 0 radical (unpaired) electrons. The largest absolute Gasteiger partial charge is 0.458 e. The van der Waals surface area contributed by atoms with Crippen molar-refractivity contribution in [3.63, 3.8) is 0 Å². The Morgan fingerprint density at radius 2 is 1.24 bits per heavy atom. The van der Waals surface area contributed by atoms with Gasteiger partial charge in [0.15, 0.2) is 0 Å². The first kappa shape index (κ1) is 18.3. The fourth-order valence-corrected chi connectivity index (χ4v) is 4.94. The Morgan fingerprint density at radius 3 is 2.03 bits per heavy atom. The highest BCUT2D eigenvalue weighted by atomic mass is 16.5. The van der Waals surface area contributed by atoms with Crippen molar-refractivity contribution in [3.05, 3.63) is 109 Å². The van der Waals surface area contributed by atoms with Gasteiger partial charge in [0.25, 0.3) is 6.71 Å². The molecule has 0 saturated carbocycles. The Hall–Kier alpha value is -4.31. The maximum atomic E-state index is 6.48. The Balaban J connectivity index is 1.46. The van der Waals surface area contributed by atoms with Crippen LogP contribution in [-0.4, -0.2) is 11.7 Å². The highest BCUT2D eigenvalue weighted by molar-refractivity contribution is 6.98. The fraction of sp³-hybridized carbons (Fsp3) is 0. The maximum Gasteiger partial charge on any atom is 0.260 e. The van der Waals surface area contributed by atoms with Gasteiger partial charge in [0.05, 0.1) is 5.69 Å². The lowest BCUT2D eigenvalue weighted by atomic mass is 9.34. The average Bonchev–Trinajstić information content (AvgIpc) is 2.89. The molecule has 3 nitrogen and oxygen atoms in total. The van der Waals surface area contributed by atoms with E-state index in [9.17, 15) is 0 Å². The lowest BCUT2D eigenvalue weighted by Gasteiger charge is -2.33. The van der Waals surface area contributed by atoms with E-state index < -0.39 is 0 Å². The summed E-state index contributed by atoms with van der Waals surface area (Å²) in [6.45, 7) is 0.0464. The molecule has 33 heavy (non-hydrogen) atoms. The van der Waals surface area contributed by atoms with Gasteiger partial charge in [0, 0.05) is 17.2 Å². The Morgan fingerprint density at radius 1 is 0.515 bits per heavy atom. The molecule has 0 atom stereocenters. The monoisotopic (exact) mass is 423 g/mol. The van der Waals surface area contributed by atoms with E-state index in [0.717, 1.165) is 50.6 Å². The van der Waals surface area contributed by atoms with Crippen LogP contribution in [0.25, 0.3) is 22.4 Å². The van der Waals surface area contributed by atoms with E-state index in [1.165, 1.54) is 11.1 Å². The van der Waals surface area contributed by atoms with Crippen LogP contribution < -0.4 is 25.9 Å². The number of para-hydroxylation sites is 1. The molecule has 0 N–H and O–H groups in total. The van der Waals surface area contributed by atoms with Gasteiger partial charge in [-0.3, -0.25) is 4.98 Å². The van der Waals surface area contributed by atoms with Crippen LogP contribution in [0.2, 0.25) is 0 Å². The lowest BCUT2D eigenvalue weighted by molar-refractivity contribution is 0.465. The number of benzene rings is 4. The van der Waals surface area contributed by atoms with Crippen molar-refractivity contribution in [1.82, 2.24) is 4.98 Å². The van der Waals surface area contributed by atoms with Gasteiger partial charge in [0.1, 0.15) is 23.0 Å². The molecule has 4 heteroatoms. The van der Waals surface area contributed by atoms with Crippen molar-refractivity contribution < 1.29 is 9.47 Å². The second-order valence-electron chi connectivity index (χ2n) is 8.39. The molecular formula is C29H18BNO2. The molecule has 4 aromatic carbocycles. The van der Waals surface area contributed by atoms with Crippen LogP contribution in [0.4, 0.5) is 0 Å². The van der Waals surface area contributed by atoms with Gasteiger partial charge < -0.3 is 9.47 Å². The van der Waals surface area contributed by atoms with E-state index in [4.69, 9.17) is 9.47 Å². The summed E-state index contributed by atoms with van der Waals surface area (Å²) in [7, 11) is 0. The number of nitrogens with zero attached hydrogens (tertiary/aromatic N) is 1. The molecule has 154 valence electrons. The lowest BCUT2D eigenvalue weighted by Crippen LogP contribution is -2.57. The first-order chi connectivity index (χ1) is 16.3. The van der Waals surface area contributed by atoms with Gasteiger partial charge in [-0.1, -0.05) is 66.7 Å². The zero-order chi connectivity index (χ0) is 21.8. The molecular weight excluding hydrogens is 405 g/mol. The zero-order valence-electron chi connectivity index (χ0n) is 17.7. The van der Waals surface area contributed by atoms with Crippen molar-refractivity contribution in [1.29, 1.82) is 0 Å². The molecule has 2 aliphatic rings. The summed E-state index contributed by atoms with van der Waals surface area (Å²) in [5.41, 5.74) is 7.63. The Labute approximate surface area is 192 Å². The first-order valence-electron chi connectivity index (χ1n) is 11.1. The molecule has 0 amide bonds. The predicted molar refractivity (Wildman–Crippen MR) is 133 cm³/mol. The van der Waals surface area contributed by atoms with Crippen LogP contribution in [0.15, 0.2) is 109 Å². The number of ether oxygens (including phenoxy) is 2. The summed E-state index contributed by atoms with van der Waals surface area (Å²) in [6, 6.07) is 35.3. The third-order valence-electron chi connectivity index (χ3n) is 6.45. The van der Waals surface area contributed by atoms with Crippen LogP contribution in [0.3, 0.4) is 0 Å². The van der Waals surface area contributed by atoms with Gasteiger partial charge in [-0.05, 0) is 58.5 Å². The number of hydrogen-bond donors (Lipinski definition) is 0. The molecule has 2 aliphatic heterocycles. The van der Waals surface area contributed by atoms with Crippen molar-refractivity contribution in [3.8, 4) is 45.4 Å². The topological polar surface area (TPSA) is 31.4 Å². The maximum absolute atomic E-state index is 6.48. The predicted octanol–water partition coefficient (Wildman–Crippen LogP) is 5.14. The van der Waals surface area contributed by atoms with Crippen LogP contribution in [0.5, 0.6) is 23.0 Å². The normalized spacial score (nSPS) is 12.7. The van der Waals surface area contributed by atoms with E-state index in [1.807, 2.05) is 36.4 Å². The molecule has 7 rings (SSSR count). The third kappa shape index (κ3) is 2.88. The van der Waals surface area contributed by atoms with Crippen molar-refractivity contribution in [2.24, 2.45) is 0 Å². The summed E-state index contributed by atoms with van der Waals surface area (Å²) in [4.78, 5) is 4.53. The molecule has 1 aromatic heterocycles. The van der Waals surface area contributed by atoms with E-state index in [0.29, 0.717) is 0 Å². The van der Waals surface area contributed by atoms with Crippen LogP contribution in [-0.2, 0) is 0 Å². The van der Waals surface area contributed by atoms with Gasteiger partial charge in [-0.2, -0.15) is 0 Å². The minimum Gasteiger partial charge on any atom is -0.458 e. The van der Waals surface area contributed by atoms with Crippen molar-refractivity contribution in [2.45, 2.75) is 0 Å². The highest BCUT2D eigenvalue weighted by Crippen LogP contribution is 2.38. The van der Waals surface area contributed by atoms with Crippen LogP contribution >= 0.6 is 0 Å². The zero-order valence-corrected chi connectivity index (χ0v) is 17.7. The minimum absolute atomic E-state index is 0.0464. The minimum atomic E-state index is 0.0464. The van der Waals surface area contributed by atoms with E-state index in [2.05, 4.69) is 71.7 Å². The molecule has 3 heterocycles. The number of pyridine rings is 1. The van der Waals surface area contributed by atoms with E-state index in [-0.39, 0.29) is 6.71 Å². The number of hydrogen-bond acceptors (Lipinski definition) is 3. The Bertz CT molecular complexity index is 1500. The smallest absolute Gasteiger partial charge is 0.260 e. The standard InChI is InChI=1S/C29H18BNO2/c1-2-8-19(9-3-1)20-13-14-26-23(16-20)30-22-10-4-5-12-25(22)32-27-17-21(18-28(33-26)29(27)30)24-11-6-7-15-31-24/h1-18H. The number of fused-ring (bicyclic) bond motifs is 4. The van der Waals surface area contributed by atoms with Gasteiger partial charge >= 0.3 is 0 Å². The molecule has 0 fully saturated rings. The number of rotatable bonds is 2. The summed E-state index contributed by atoms with van der Waals surface area (Å²) in [5, 5.41) is 0. The summed E-state index contributed by atoms with van der Waals surface area (Å²) >= 11 is 0. The molecule has 0 spiro atoms. The summed E-state index contributed by atoms with van der Waals surface area (Å²) in [6.07, 6.45) is 1.81. The number of aromatic nitrogens is 1. The van der Waals surface area contributed by atoms with E-state index >= 15 is 0 Å². The third-order valence-corrected chi connectivity index (χ3v) is 6.45. The Kier molecular flexibility index (Phi) is 3.94. The molecule has 0 aliphatic carbocycles. The van der Waals surface area contributed by atoms with E-state index in [1.54, 1.807) is 6.20 Å². The fourth-order valence-electron chi connectivity index (χ4n) is 4.94. The molecule has 0 bridgehead atoms. The highest BCUT2D eigenvalue weighted by Gasteiger charge is 2.40. The second-order valence-corrected chi connectivity index (χ2v) is 8.39. The summed E-state index contributed by atoms with van der Waals surface area (Å²) < 4.78 is 12.9. The average molecular weight is 423 g/mol. The molecule has 5 aromatic rings. The second kappa shape index (κ2) is 7.11. The van der Waals surface area contributed by atoms with Crippen molar-refractivity contribution in [2.75, 3.05) is 0 Å². The van der Waals surface area contributed by atoms with Gasteiger partial charge in [-0.15, -0.1) is 0 Å². The quantitative estimate of drug-likeness (QED) is 0.361. The van der Waals surface area contributed by atoms with Gasteiger partial charge in [0.2, 0.25) is 0 Å². The van der Waals surface area contributed by atoms with Crippen LogP contribution in [0, 0.1) is 0 Å². The summed E-state index contributed by atoms with van der Waals surface area (Å²) in [5.74, 6) is 3.42. The van der Waals surface area contributed by atoms with Gasteiger partial charge in [-0.25, -0.2) is 0 Å².